The first-order chi connectivity index (χ1) is 14.7. The van der Waals surface area contributed by atoms with Crippen LogP contribution >= 0.6 is 11.3 Å². The molecule has 0 saturated carbocycles. The van der Waals surface area contributed by atoms with Crippen molar-refractivity contribution in [2.75, 3.05) is 5.32 Å². The molecule has 3 amide bonds. The van der Waals surface area contributed by atoms with Crippen LogP contribution in [0, 0.1) is 5.82 Å². The van der Waals surface area contributed by atoms with Gasteiger partial charge in [-0.25, -0.2) is 27.9 Å². The third kappa shape index (κ3) is 5.78. The van der Waals surface area contributed by atoms with E-state index in [-0.39, 0.29) is 32.3 Å². The van der Waals surface area contributed by atoms with E-state index < -0.39 is 33.5 Å². The SMILES string of the molecule is CC(C)c1ncc(F)c(C(C)C)c1NC(=O)N=S(=O)(NC(=O)O)c1cnc(C(C)(C)O)s1. The maximum atomic E-state index is 14.5. The Morgan fingerprint density at radius 2 is 1.81 bits per heavy atom. The Morgan fingerprint density at radius 3 is 2.28 bits per heavy atom. The number of thiazole rings is 1. The Labute approximate surface area is 189 Å². The van der Waals surface area contributed by atoms with E-state index in [2.05, 4.69) is 19.6 Å². The summed E-state index contributed by atoms with van der Waals surface area (Å²) in [5, 5.41) is 21.8. The number of carbonyl (C=O) groups excluding carboxylic acids is 1. The largest absolute Gasteiger partial charge is 0.464 e. The summed E-state index contributed by atoms with van der Waals surface area (Å²) in [6.07, 6.45) is 0.473. The van der Waals surface area contributed by atoms with E-state index in [9.17, 15) is 23.3 Å². The number of pyridine rings is 1. The molecule has 0 saturated heterocycles. The molecule has 13 heteroatoms. The number of anilines is 1. The van der Waals surface area contributed by atoms with Gasteiger partial charge in [-0.05, 0) is 25.7 Å². The van der Waals surface area contributed by atoms with E-state index in [4.69, 9.17) is 5.11 Å². The van der Waals surface area contributed by atoms with Crippen LogP contribution in [0.15, 0.2) is 21.0 Å². The van der Waals surface area contributed by atoms with Crippen LogP contribution in [-0.2, 0) is 15.5 Å². The number of carbonyl (C=O) groups is 2. The zero-order chi connectivity index (χ0) is 24.4. The van der Waals surface area contributed by atoms with Crippen molar-refractivity contribution >= 4 is 39.1 Å². The fraction of sp³-hybridized carbons (Fsp3) is 0.474. The molecule has 4 N–H and O–H groups in total. The minimum Gasteiger partial charge on any atom is -0.464 e. The molecule has 2 aromatic heterocycles. The minimum atomic E-state index is -4.01. The van der Waals surface area contributed by atoms with Crippen LogP contribution in [0.25, 0.3) is 0 Å². The average molecular weight is 488 g/mol. The first kappa shape index (κ1) is 25.6. The van der Waals surface area contributed by atoms with E-state index in [1.165, 1.54) is 13.8 Å². The van der Waals surface area contributed by atoms with Crippen molar-refractivity contribution < 1.29 is 28.4 Å². The first-order valence-electron chi connectivity index (χ1n) is 9.61. The molecule has 0 bridgehead atoms. The lowest BCUT2D eigenvalue weighted by molar-refractivity contribution is 0.0783. The summed E-state index contributed by atoms with van der Waals surface area (Å²) in [6, 6.07) is -1.15. The number of nitrogens with one attached hydrogen (secondary N) is 2. The lowest BCUT2D eigenvalue weighted by Gasteiger charge is -2.19. The number of urea groups is 1. The van der Waals surface area contributed by atoms with E-state index in [1.807, 2.05) is 13.8 Å². The second-order valence-electron chi connectivity index (χ2n) is 8.09. The maximum absolute atomic E-state index is 14.5. The van der Waals surface area contributed by atoms with Gasteiger partial charge in [-0.3, -0.25) is 4.98 Å². The molecule has 2 heterocycles. The molecule has 1 atom stereocenters. The number of amides is 3. The molecule has 0 spiro atoms. The van der Waals surface area contributed by atoms with Gasteiger partial charge in [-0.1, -0.05) is 27.7 Å². The Kier molecular flexibility index (Phi) is 7.58. The standard InChI is InChI=1S/C19H26FN5O5S2/c1-9(2)13-11(20)7-21-14(10(3)4)15(13)23-17(26)24-32(30,25-18(27)28)12-8-22-16(31-12)19(5,6)29/h7-10,29H,1-6H3,(H,27,28)(H2,23,24,25,26,30). The summed E-state index contributed by atoms with van der Waals surface area (Å²) in [7, 11) is -4.01. The highest BCUT2D eigenvalue weighted by molar-refractivity contribution is 7.94. The van der Waals surface area contributed by atoms with Crippen molar-refractivity contribution in [3.8, 4) is 0 Å². The molecule has 0 aliphatic carbocycles. The zero-order valence-corrected chi connectivity index (χ0v) is 20.1. The number of aromatic nitrogens is 2. The molecule has 0 aliphatic rings. The third-order valence-electron chi connectivity index (χ3n) is 4.17. The molecule has 0 fully saturated rings. The van der Waals surface area contributed by atoms with E-state index in [0.717, 1.165) is 23.7 Å². The van der Waals surface area contributed by atoms with E-state index >= 15 is 0 Å². The van der Waals surface area contributed by atoms with Gasteiger partial charge in [0.15, 0.2) is 9.92 Å². The van der Waals surface area contributed by atoms with Gasteiger partial charge >= 0.3 is 12.1 Å². The quantitative estimate of drug-likeness (QED) is 0.471. The monoisotopic (exact) mass is 487 g/mol. The van der Waals surface area contributed by atoms with Crippen molar-refractivity contribution in [3.63, 3.8) is 0 Å². The average Bonchev–Trinajstić information content (AvgIpc) is 3.11. The van der Waals surface area contributed by atoms with E-state index in [0.29, 0.717) is 5.69 Å². The number of hydrogen-bond acceptors (Lipinski definition) is 7. The topological polar surface area (TPSA) is 154 Å². The van der Waals surface area contributed by atoms with Crippen molar-refractivity contribution in [1.82, 2.24) is 14.7 Å². The predicted octanol–water partition coefficient (Wildman–Crippen LogP) is 4.39. The van der Waals surface area contributed by atoms with Gasteiger partial charge in [-0.2, -0.15) is 0 Å². The molecular weight excluding hydrogens is 461 g/mol. The lowest BCUT2D eigenvalue weighted by atomic mass is 9.96. The van der Waals surface area contributed by atoms with E-state index in [1.54, 1.807) is 18.6 Å². The van der Waals surface area contributed by atoms with Gasteiger partial charge in [0.05, 0.1) is 23.8 Å². The van der Waals surface area contributed by atoms with Gasteiger partial charge in [-0.15, -0.1) is 15.7 Å². The summed E-state index contributed by atoms with van der Waals surface area (Å²) in [6.45, 7) is 9.98. The number of rotatable bonds is 6. The number of halogens is 1. The van der Waals surface area contributed by atoms with Crippen LogP contribution in [0.5, 0.6) is 0 Å². The lowest BCUT2D eigenvalue weighted by Crippen LogP contribution is -2.30. The van der Waals surface area contributed by atoms with Crippen LogP contribution in [0.1, 0.15) is 69.6 Å². The summed E-state index contributed by atoms with van der Waals surface area (Å²) in [5.74, 6) is -1.12. The molecule has 176 valence electrons. The van der Waals surface area contributed by atoms with Gasteiger partial charge in [0.2, 0.25) is 0 Å². The van der Waals surface area contributed by atoms with Crippen molar-refractivity contribution in [2.24, 2.45) is 4.36 Å². The van der Waals surface area contributed by atoms with Gasteiger partial charge in [0.1, 0.15) is 20.6 Å². The maximum Gasteiger partial charge on any atom is 0.417 e. The molecule has 0 aliphatic heterocycles. The number of carboxylic acid groups (broad SMARTS) is 1. The second-order valence-corrected chi connectivity index (χ2v) is 11.3. The summed E-state index contributed by atoms with van der Waals surface area (Å²) in [4.78, 5) is 32.0. The minimum absolute atomic E-state index is 0.0994. The number of nitrogens with zero attached hydrogens (tertiary/aromatic N) is 3. The molecular formula is C19H26FN5O5S2. The summed E-state index contributed by atoms with van der Waals surface area (Å²) < 4.78 is 32.9. The smallest absolute Gasteiger partial charge is 0.417 e. The molecule has 2 rings (SSSR count). The molecule has 0 aromatic carbocycles. The molecule has 2 aromatic rings. The second kappa shape index (κ2) is 9.46. The number of hydrogen-bond donors (Lipinski definition) is 4. The molecule has 32 heavy (non-hydrogen) atoms. The van der Waals surface area contributed by atoms with Crippen molar-refractivity contribution in [1.29, 1.82) is 0 Å². The molecule has 0 radical (unpaired) electrons. The van der Waals surface area contributed by atoms with Crippen LogP contribution < -0.4 is 10.0 Å². The number of aliphatic hydroxyl groups is 1. The fourth-order valence-corrected chi connectivity index (χ4v) is 5.33. The first-order valence-corrected chi connectivity index (χ1v) is 11.9. The Bertz CT molecular complexity index is 1150. The Morgan fingerprint density at radius 1 is 1.19 bits per heavy atom. The van der Waals surface area contributed by atoms with Crippen molar-refractivity contribution in [2.45, 2.75) is 63.2 Å². The highest BCUT2D eigenvalue weighted by Gasteiger charge is 2.27. The normalized spacial score (nSPS) is 13.7. The van der Waals surface area contributed by atoms with Crippen LogP contribution in [0.2, 0.25) is 0 Å². The van der Waals surface area contributed by atoms with Crippen LogP contribution in [-0.4, -0.2) is 36.5 Å². The van der Waals surface area contributed by atoms with Gasteiger partial charge < -0.3 is 15.5 Å². The van der Waals surface area contributed by atoms with Gasteiger partial charge in [0, 0.05) is 5.56 Å². The zero-order valence-electron chi connectivity index (χ0n) is 18.5. The van der Waals surface area contributed by atoms with Crippen LogP contribution in [0.4, 0.5) is 19.7 Å². The predicted molar refractivity (Wildman–Crippen MR) is 119 cm³/mol. The van der Waals surface area contributed by atoms with Crippen molar-refractivity contribution in [3.05, 3.63) is 34.5 Å². The Balaban J connectivity index is 2.59. The molecule has 10 nitrogen and oxygen atoms in total. The third-order valence-corrected chi connectivity index (χ3v) is 7.73. The van der Waals surface area contributed by atoms with Crippen LogP contribution in [0.3, 0.4) is 0 Å². The van der Waals surface area contributed by atoms with Gasteiger partial charge in [0.25, 0.3) is 0 Å². The summed E-state index contributed by atoms with van der Waals surface area (Å²) in [5.41, 5.74) is -0.673. The summed E-state index contributed by atoms with van der Waals surface area (Å²) >= 11 is 0.747. The highest BCUT2D eigenvalue weighted by atomic mass is 32.2. The highest BCUT2D eigenvalue weighted by Crippen LogP contribution is 2.33. The fourth-order valence-electron chi connectivity index (χ4n) is 2.80. The molecule has 1 unspecified atom stereocenters. The Hall–Kier alpha value is -2.64.